The van der Waals surface area contributed by atoms with Gasteiger partial charge in [0.2, 0.25) is 0 Å². The molecule has 0 N–H and O–H groups in total. The first-order valence-electron chi connectivity index (χ1n) is 5.28. The van der Waals surface area contributed by atoms with Crippen molar-refractivity contribution in [1.29, 1.82) is 5.26 Å². The number of aryl methyl sites for hydroxylation is 1. The molecule has 0 saturated carbocycles. The molecule has 0 spiro atoms. The second-order valence-electron chi connectivity index (χ2n) is 3.94. The predicted octanol–water partition coefficient (Wildman–Crippen LogP) is 1.23. The van der Waals surface area contributed by atoms with Gasteiger partial charge in [-0.15, -0.1) is 5.10 Å². The topological polar surface area (TPSA) is 57.7 Å². The molecule has 0 saturated heterocycles. The van der Waals surface area contributed by atoms with Gasteiger partial charge >= 0.3 is 0 Å². The second kappa shape index (κ2) is 6.25. The van der Waals surface area contributed by atoms with Crippen LogP contribution in [0.1, 0.15) is 24.2 Å². The molecule has 0 fully saturated rings. The molecule has 0 amide bonds. The first kappa shape index (κ1) is 13.5. The molecule has 17 heavy (non-hydrogen) atoms. The third-order valence-electron chi connectivity index (χ3n) is 2.28. The van der Waals surface area contributed by atoms with Gasteiger partial charge in [0.05, 0.1) is 12.5 Å². The Morgan fingerprint density at radius 1 is 1.47 bits per heavy atom. The van der Waals surface area contributed by atoms with E-state index in [1.54, 1.807) is 0 Å². The fraction of sp³-hybridized carbons (Fsp3) is 0.700. The molecule has 1 heterocycles. The molecular formula is C10H15F2N5. The van der Waals surface area contributed by atoms with Crippen LogP contribution in [0.15, 0.2) is 0 Å². The van der Waals surface area contributed by atoms with Crippen molar-refractivity contribution in [2.75, 3.05) is 20.6 Å². The third kappa shape index (κ3) is 3.75. The minimum absolute atomic E-state index is 0.0763. The summed E-state index contributed by atoms with van der Waals surface area (Å²) < 4.78 is 26.8. The summed E-state index contributed by atoms with van der Waals surface area (Å²) in [7, 11) is 3.83. The summed E-state index contributed by atoms with van der Waals surface area (Å²) in [5, 5.41) is 15.8. The Hall–Kier alpha value is -1.55. The van der Waals surface area contributed by atoms with Gasteiger partial charge in [0, 0.05) is 6.54 Å². The van der Waals surface area contributed by atoms with Crippen molar-refractivity contribution in [3.05, 3.63) is 11.4 Å². The zero-order chi connectivity index (χ0) is 12.8. The zero-order valence-electron chi connectivity index (χ0n) is 9.90. The van der Waals surface area contributed by atoms with E-state index in [9.17, 15) is 8.78 Å². The van der Waals surface area contributed by atoms with Crippen LogP contribution in [-0.4, -0.2) is 40.5 Å². The Kier molecular flexibility index (Phi) is 4.97. The lowest BCUT2D eigenvalue weighted by Gasteiger charge is -2.10. The molecule has 1 aromatic rings. The minimum atomic E-state index is -2.65. The minimum Gasteiger partial charge on any atom is -0.309 e. The van der Waals surface area contributed by atoms with Crippen LogP contribution in [-0.2, 0) is 13.0 Å². The Morgan fingerprint density at radius 2 is 2.18 bits per heavy atom. The molecule has 94 valence electrons. The first-order valence-corrected chi connectivity index (χ1v) is 5.28. The Bertz CT molecular complexity index is 394. The van der Waals surface area contributed by atoms with E-state index >= 15 is 0 Å². The van der Waals surface area contributed by atoms with Gasteiger partial charge in [0.15, 0.2) is 0 Å². The van der Waals surface area contributed by atoms with Crippen molar-refractivity contribution in [3.8, 4) is 6.07 Å². The van der Waals surface area contributed by atoms with Gasteiger partial charge < -0.3 is 4.90 Å². The van der Waals surface area contributed by atoms with Gasteiger partial charge in [-0.2, -0.15) is 5.26 Å². The van der Waals surface area contributed by atoms with Crippen LogP contribution in [0.5, 0.6) is 0 Å². The second-order valence-corrected chi connectivity index (χ2v) is 3.94. The molecular weight excluding hydrogens is 228 g/mol. The number of nitriles is 1. The molecule has 0 radical (unpaired) electrons. The summed E-state index contributed by atoms with van der Waals surface area (Å²) in [4.78, 5) is 1.97. The number of aromatic nitrogens is 3. The van der Waals surface area contributed by atoms with E-state index < -0.39 is 6.43 Å². The Balaban J connectivity index is 2.74. The van der Waals surface area contributed by atoms with E-state index in [2.05, 4.69) is 10.3 Å². The van der Waals surface area contributed by atoms with Gasteiger partial charge in [-0.25, -0.2) is 13.5 Å². The highest BCUT2D eigenvalue weighted by molar-refractivity contribution is 5.15. The highest BCUT2D eigenvalue weighted by Crippen LogP contribution is 2.21. The van der Waals surface area contributed by atoms with Crippen molar-refractivity contribution in [1.82, 2.24) is 19.9 Å². The Morgan fingerprint density at radius 3 is 2.71 bits per heavy atom. The van der Waals surface area contributed by atoms with E-state index in [0.29, 0.717) is 13.0 Å². The fourth-order valence-corrected chi connectivity index (χ4v) is 1.50. The molecule has 1 rings (SSSR count). The van der Waals surface area contributed by atoms with E-state index in [-0.39, 0.29) is 17.8 Å². The molecule has 0 bridgehead atoms. The van der Waals surface area contributed by atoms with Crippen LogP contribution in [0.4, 0.5) is 8.78 Å². The molecule has 5 nitrogen and oxygen atoms in total. The van der Waals surface area contributed by atoms with Crippen LogP contribution in [0.2, 0.25) is 0 Å². The van der Waals surface area contributed by atoms with Gasteiger partial charge in [0.1, 0.15) is 11.4 Å². The van der Waals surface area contributed by atoms with Crippen molar-refractivity contribution >= 4 is 0 Å². The maximum Gasteiger partial charge on any atom is 0.281 e. The number of hydrogen-bond acceptors (Lipinski definition) is 4. The van der Waals surface area contributed by atoms with Crippen LogP contribution >= 0.6 is 0 Å². The SMILES string of the molecule is CN(C)CCCn1nnc(CC#N)c1C(F)F. The maximum absolute atomic E-state index is 12.8. The van der Waals surface area contributed by atoms with E-state index in [1.807, 2.05) is 25.1 Å². The van der Waals surface area contributed by atoms with Crippen molar-refractivity contribution in [2.24, 2.45) is 0 Å². The van der Waals surface area contributed by atoms with Crippen molar-refractivity contribution in [2.45, 2.75) is 25.8 Å². The molecule has 7 heteroatoms. The smallest absolute Gasteiger partial charge is 0.281 e. The fourth-order valence-electron chi connectivity index (χ4n) is 1.50. The standard InChI is InChI=1S/C10H15F2N5/c1-16(2)6-3-7-17-9(10(11)12)8(4-5-13)14-15-17/h10H,3-4,6-7H2,1-2H3. The highest BCUT2D eigenvalue weighted by atomic mass is 19.3. The number of nitrogens with zero attached hydrogens (tertiary/aromatic N) is 5. The lowest BCUT2D eigenvalue weighted by Crippen LogP contribution is -2.16. The predicted molar refractivity (Wildman–Crippen MR) is 57.5 cm³/mol. The summed E-state index contributed by atoms with van der Waals surface area (Å²) in [5.74, 6) is 0. The third-order valence-corrected chi connectivity index (χ3v) is 2.28. The molecule has 1 aromatic heterocycles. The van der Waals surface area contributed by atoms with Gasteiger partial charge in [-0.1, -0.05) is 5.21 Å². The lowest BCUT2D eigenvalue weighted by atomic mass is 10.2. The van der Waals surface area contributed by atoms with Gasteiger partial charge in [-0.05, 0) is 27.1 Å². The van der Waals surface area contributed by atoms with Crippen LogP contribution in [0.25, 0.3) is 0 Å². The van der Waals surface area contributed by atoms with E-state index in [4.69, 9.17) is 5.26 Å². The number of hydrogen-bond donors (Lipinski definition) is 0. The molecule has 0 aliphatic rings. The number of rotatable bonds is 6. The summed E-state index contributed by atoms with van der Waals surface area (Å²) in [5.41, 5.74) is -0.155. The largest absolute Gasteiger partial charge is 0.309 e. The lowest BCUT2D eigenvalue weighted by molar-refractivity contribution is 0.137. The van der Waals surface area contributed by atoms with Crippen molar-refractivity contribution in [3.63, 3.8) is 0 Å². The molecule has 0 aromatic carbocycles. The summed E-state index contributed by atoms with van der Waals surface area (Å²) >= 11 is 0. The van der Waals surface area contributed by atoms with Crippen LogP contribution in [0, 0.1) is 11.3 Å². The van der Waals surface area contributed by atoms with E-state index in [1.165, 1.54) is 4.68 Å². The quantitative estimate of drug-likeness (QED) is 0.754. The number of alkyl halides is 2. The molecule has 0 aliphatic carbocycles. The summed E-state index contributed by atoms with van der Waals surface area (Å²) in [6, 6.07) is 1.81. The number of halogens is 2. The monoisotopic (exact) mass is 243 g/mol. The molecule has 0 atom stereocenters. The van der Waals surface area contributed by atoms with Crippen molar-refractivity contribution < 1.29 is 8.78 Å². The highest BCUT2D eigenvalue weighted by Gasteiger charge is 2.21. The summed E-state index contributed by atoms with van der Waals surface area (Å²) in [6.07, 6.45) is -2.07. The summed E-state index contributed by atoms with van der Waals surface area (Å²) in [6.45, 7) is 1.17. The average molecular weight is 243 g/mol. The zero-order valence-corrected chi connectivity index (χ0v) is 9.90. The van der Waals surface area contributed by atoms with E-state index in [0.717, 1.165) is 6.54 Å². The normalized spacial score (nSPS) is 11.1. The Labute approximate surface area is 98.6 Å². The maximum atomic E-state index is 12.8. The van der Waals surface area contributed by atoms with Crippen LogP contribution in [0.3, 0.4) is 0 Å². The first-order chi connectivity index (χ1) is 8.06. The van der Waals surface area contributed by atoms with Crippen LogP contribution < -0.4 is 0 Å². The average Bonchev–Trinajstić information content (AvgIpc) is 2.61. The molecule has 0 unspecified atom stereocenters. The van der Waals surface area contributed by atoms with Gasteiger partial charge in [-0.3, -0.25) is 0 Å². The van der Waals surface area contributed by atoms with Gasteiger partial charge in [0.25, 0.3) is 6.43 Å². The molecule has 0 aliphatic heterocycles.